The molecule has 0 fully saturated rings. The van der Waals surface area contributed by atoms with Crippen molar-refractivity contribution in [2.45, 2.75) is 19.9 Å². The fourth-order valence-corrected chi connectivity index (χ4v) is 3.57. The van der Waals surface area contributed by atoms with Gasteiger partial charge in [-0.25, -0.2) is 9.97 Å². The molecule has 0 radical (unpaired) electrons. The van der Waals surface area contributed by atoms with Gasteiger partial charge in [-0.3, -0.25) is 0 Å². The molecule has 1 aromatic heterocycles. The SMILES string of the molecule is COc1cc2nc(C)nc(NC(C)c3ccc(-c4ccccc4)cc3)c2cc1OC. The summed E-state index contributed by atoms with van der Waals surface area (Å²) < 4.78 is 10.9. The van der Waals surface area contributed by atoms with Crippen LogP contribution < -0.4 is 14.8 Å². The Bertz CT molecular complexity index is 1160. The van der Waals surface area contributed by atoms with Gasteiger partial charge in [0.25, 0.3) is 0 Å². The summed E-state index contributed by atoms with van der Waals surface area (Å²) in [6.07, 6.45) is 0. The van der Waals surface area contributed by atoms with Gasteiger partial charge >= 0.3 is 0 Å². The summed E-state index contributed by atoms with van der Waals surface area (Å²) in [6.45, 7) is 4.02. The maximum atomic E-state index is 5.47. The first-order valence-electron chi connectivity index (χ1n) is 9.91. The molecule has 5 heteroatoms. The highest BCUT2D eigenvalue weighted by Gasteiger charge is 2.14. The third-order valence-corrected chi connectivity index (χ3v) is 5.18. The Kier molecular flexibility index (Phi) is 5.53. The molecule has 0 aliphatic rings. The third kappa shape index (κ3) is 3.92. The van der Waals surface area contributed by atoms with Crippen molar-refractivity contribution in [2.75, 3.05) is 19.5 Å². The van der Waals surface area contributed by atoms with Crippen LogP contribution >= 0.6 is 0 Å². The number of benzene rings is 3. The zero-order valence-corrected chi connectivity index (χ0v) is 17.6. The largest absolute Gasteiger partial charge is 0.493 e. The zero-order valence-electron chi connectivity index (χ0n) is 17.6. The second kappa shape index (κ2) is 8.41. The number of aromatic nitrogens is 2. The molecule has 0 saturated heterocycles. The first-order valence-corrected chi connectivity index (χ1v) is 9.91. The molecule has 0 aliphatic carbocycles. The van der Waals surface area contributed by atoms with Gasteiger partial charge in [0.05, 0.1) is 19.7 Å². The molecule has 3 aromatic carbocycles. The lowest BCUT2D eigenvalue weighted by Gasteiger charge is -2.18. The Hall–Kier alpha value is -3.60. The Morgan fingerprint density at radius 3 is 2.10 bits per heavy atom. The Labute approximate surface area is 176 Å². The van der Waals surface area contributed by atoms with Gasteiger partial charge in [-0.1, -0.05) is 54.6 Å². The quantitative estimate of drug-likeness (QED) is 0.444. The van der Waals surface area contributed by atoms with Crippen LogP contribution in [0.5, 0.6) is 11.5 Å². The molecule has 152 valence electrons. The number of hydrogen-bond acceptors (Lipinski definition) is 5. The van der Waals surface area contributed by atoms with Gasteiger partial charge in [-0.15, -0.1) is 0 Å². The van der Waals surface area contributed by atoms with Gasteiger partial charge in [0.15, 0.2) is 11.5 Å². The smallest absolute Gasteiger partial charge is 0.162 e. The highest BCUT2D eigenvalue weighted by molar-refractivity contribution is 5.92. The van der Waals surface area contributed by atoms with E-state index >= 15 is 0 Å². The number of nitrogens with zero attached hydrogens (tertiary/aromatic N) is 2. The van der Waals surface area contributed by atoms with E-state index in [1.165, 1.54) is 16.7 Å². The maximum Gasteiger partial charge on any atom is 0.162 e. The minimum absolute atomic E-state index is 0.0698. The van der Waals surface area contributed by atoms with E-state index < -0.39 is 0 Å². The Morgan fingerprint density at radius 1 is 0.800 bits per heavy atom. The van der Waals surface area contributed by atoms with Gasteiger partial charge in [-0.2, -0.15) is 0 Å². The first kappa shape index (κ1) is 19.7. The molecule has 0 bridgehead atoms. The number of nitrogens with one attached hydrogen (secondary N) is 1. The molecule has 0 saturated carbocycles. The second-order valence-electron chi connectivity index (χ2n) is 7.20. The fraction of sp³-hybridized carbons (Fsp3) is 0.200. The number of aryl methyl sites for hydroxylation is 1. The van der Waals surface area contributed by atoms with E-state index in [0.717, 1.165) is 16.7 Å². The minimum atomic E-state index is 0.0698. The third-order valence-electron chi connectivity index (χ3n) is 5.18. The molecule has 5 nitrogen and oxygen atoms in total. The molecular weight excluding hydrogens is 374 g/mol. The Morgan fingerprint density at radius 2 is 1.43 bits per heavy atom. The average Bonchev–Trinajstić information content (AvgIpc) is 2.78. The maximum absolute atomic E-state index is 5.47. The number of methoxy groups -OCH3 is 2. The van der Waals surface area contributed by atoms with Crippen LogP contribution in [0.1, 0.15) is 24.4 Å². The normalized spacial score (nSPS) is 11.9. The number of anilines is 1. The van der Waals surface area contributed by atoms with Crippen molar-refractivity contribution in [3.8, 4) is 22.6 Å². The molecule has 1 N–H and O–H groups in total. The van der Waals surface area contributed by atoms with Gasteiger partial charge in [0.1, 0.15) is 11.6 Å². The Balaban J connectivity index is 1.65. The van der Waals surface area contributed by atoms with E-state index in [1.807, 2.05) is 25.1 Å². The van der Waals surface area contributed by atoms with Crippen LogP contribution in [0.25, 0.3) is 22.0 Å². The highest BCUT2D eigenvalue weighted by atomic mass is 16.5. The van der Waals surface area contributed by atoms with Crippen molar-refractivity contribution >= 4 is 16.7 Å². The molecule has 1 atom stereocenters. The van der Waals surface area contributed by atoms with Gasteiger partial charge < -0.3 is 14.8 Å². The summed E-state index contributed by atoms with van der Waals surface area (Å²) >= 11 is 0. The second-order valence-corrected chi connectivity index (χ2v) is 7.20. The van der Waals surface area contributed by atoms with Crippen LogP contribution in [-0.4, -0.2) is 24.2 Å². The topological polar surface area (TPSA) is 56.3 Å². The molecule has 4 aromatic rings. The highest BCUT2D eigenvalue weighted by Crippen LogP contribution is 2.35. The van der Waals surface area contributed by atoms with E-state index in [4.69, 9.17) is 9.47 Å². The van der Waals surface area contributed by atoms with Crippen molar-refractivity contribution in [1.82, 2.24) is 9.97 Å². The van der Waals surface area contributed by atoms with Crippen LogP contribution in [0, 0.1) is 6.92 Å². The lowest BCUT2D eigenvalue weighted by molar-refractivity contribution is 0.356. The standard InChI is InChI=1S/C25H25N3O2/c1-16(18-10-12-20(13-11-18)19-8-6-5-7-9-19)26-25-21-14-23(29-3)24(30-4)15-22(21)27-17(2)28-25/h5-16H,1-4H3,(H,26,27,28). The van der Waals surface area contributed by atoms with Crippen molar-refractivity contribution in [3.05, 3.63) is 78.1 Å². The van der Waals surface area contributed by atoms with E-state index in [1.54, 1.807) is 14.2 Å². The molecule has 30 heavy (non-hydrogen) atoms. The number of fused-ring (bicyclic) bond motifs is 1. The average molecular weight is 399 g/mol. The number of hydrogen-bond donors (Lipinski definition) is 1. The lowest BCUT2D eigenvalue weighted by atomic mass is 10.0. The summed E-state index contributed by atoms with van der Waals surface area (Å²) in [4.78, 5) is 9.20. The van der Waals surface area contributed by atoms with Crippen molar-refractivity contribution in [1.29, 1.82) is 0 Å². The lowest BCUT2D eigenvalue weighted by Crippen LogP contribution is -2.09. The zero-order chi connectivity index (χ0) is 21.1. The number of ether oxygens (including phenoxy) is 2. The molecular formula is C25H25N3O2. The van der Waals surface area contributed by atoms with E-state index in [-0.39, 0.29) is 6.04 Å². The predicted molar refractivity (Wildman–Crippen MR) is 121 cm³/mol. The summed E-state index contributed by atoms with van der Waals surface area (Å²) in [5.41, 5.74) is 4.41. The summed E-state index contributed by atoms with van der Waals surface area (Å²) in [5, 5.41) is 4.44. The monoisotopic (exact) mass is 399 g/mol. The number of rotatable bonds is 6. The van der Waals surface area contributed by atoms with Gasteiger partial charge in [0, 0.05) is 17.5 Å². The molecule has 1 unspecified atom stereocenters. The van der Waals surface area contributed by atoms with Gasteiger partial charge in [-0.05, 0) is 36.6 Å². The summed E-state index contributed by atoms with van der Waals surface area (Å²) in [5.74, 6) is 2.78. The van der Waals surface area contributed by atoms with Crippen molar-refractivity contribution < 1.29 is 9.47 Å². The van der Waals surface area contributed by atoms with Crippen molar-refractivity contribution in [2.24, 2.45) is 0 Å². The van der Waals surface area contributed by atoms with Crippen LogP contribution in [0.3, 0.4) is 0 Å². The molecule has 0 aliphatic heterocycles. The molecule has 1 heterocycles. The first-order chi connectivity index (χ1) is 14.6. The molecule has 0 spiro atoms. The van der Waals surface area contributed by atoms with Crippen molar-refractivity contribution in [3.63, 3.8) is 0 Å². The van der Waals surface area contributed by atoms with E-state index in [0.29, 0.717) is 17.3 Å². The van der Waals surface area contributed by atoms with Crippen LogP contribution in [0.4, 0.5) is 5.82 Å². The summed E-state index contributed by atoms with van der Waals surface area (Å²) in [7, 11) is 3.25. The minimum Gasteiger partial charge on any atom is -0.493 e. The summed E-state index contributed by atoms with van der Waals surface area (Å²) in [6, 6.07) is 22.9. The molecule has 0 amide bonds. The molecule has 4 rings (SSSR count). The fourth-order valence-electron chi connectivity index (χ4n) is 3.57. The van der Waals surface area contributed by atoms with Crippen LogP contribution in [0.2, 0.25) is 0 Å². The van der Waals surface area contributed by atoms with Crippen LogP contribution in [0.15, 0.2) is 66.7 Å². The van der Waals surface area contributed by atoms with E-state index in [9.17, 15) is 0 Å². The van der Waals surface area contributed by atoms with Crippen LogP contribution in [-0.2, 0) is 0 Å². The van der Waals surface area contributed by atoms with Gasteiger partial charge in [0.2, 0.25) is 0 Å². The predicted octanol–water partition coefficient (Wildman–Crippen LogP) is 5.80. The van der Waals surface area contributed by atoms with E-state index in [2.05, 4.69) is 70.7 Å².